The molecule has 0 bridgehead atoms. The summed E-state index contributed by atoms with van der Waals surface area (Å²) in [4.78, 5) is 27.7. The van der Waals surface area contributed by atoms with Crippen LogP contribution in [-0.4, -0.2) is 55.3 Å². The average molecular weight is 489 g/mol. The Hall–Kier alpha value is -2.02. The zero-order chi connectivity index (χ0) is 24.8. The smallest absolute Gasteiger partial charge is 0.261 e. The SMILES string of the molecule is CCNC(=O)C1CC(=O)C2(C)CCC3c4ccc(OCCCN5CCC(F)(F)C5)cc4CCC3C12. The van der Waals surface area contributed by atoms with Gasteiger partial charge >= 0.3 is 0 Å². The molecule has 1 N–H and O–H groups in total. The number of hydrogen-bond acceptors (Lipinski definition) is 4. The van der Waals surface area contributed by atoms with E-state index >= 15 is 0 Å². The van der Waals surface area contributed by atoms with Gasteiger partial charge in [-0.3, -0.25) is 14.5 Å². The number of hydrogen-bond donors (Lipinski definition) is 1. The molecule has 1 aliphatic heterocycles. The van der Waals surface area contributed by atoms with E-state index in [2.05, 4.69) is 24.4 Å². The first-order chi connectivity index (χ1) is 16.7. The van der Waals surface area contributed by atoms with Crippen LogP contribution in [0.2, 0.25) is 0 Å². The van der Waals surface area contributed by atoms with Crippen LogP contribution in [0.1, 0.15) is 69.4 Å². The lowest BCUT2D eigenvalue weighted by molar-refractivity contribution is -0.130. The predicted molar refractivity (Wildman–Crippen MR) is 130 cm³/mol. The van der Waals surface area contributed by atoms with Gasteiger partial charge in [-0.15, -0.1) is 0 Å². The number of fused-ring (bicyclic) bond motifs is 5. The highest BCUT2D eigenvalue weighted by Gasteiger charge is 2.60. The molecule has 3 aliphatic carbocycles. The van der Waals surface area contributed by atoms with Crippen molar-refractivity contribution in [1.82, 2.24) is 10.2 Å². The van der Waals surface area contributed by atoms with Gasteiger partial charge < -0.3 is 10.1 Å². The van der Waals surface area contributed by atoms with Gasteiger partial charge in [-0.1, -0.05) is 13.0 Å². The Balaban J connectivity index is 1.24. The third-order valence-electron chi connectivity index (χ3n) is 9.25. The number of halogens is 2. The van der Waals surface area contributed by atoms with Crippen LogP contribution in [0.15, 0.2) is 18.2 Å². The molecule has 5 rings (SSSR count). The lowest BCUT2D eigenvalue weighted by Gasteiger charge is -2.49. The van der Waals surface area contributed by atoms with Crippen LogP contribution in [0.5, 0.6) is 5.75 Å². The number of ketones is 1. The van der Waals surface area contributed by atoms with E-state index in [0.717, 1.165) is 37.9 Å². The van der Waals surface area contributed by atoms with Crippen LogP contribution in [0, 0.1) is 23.2 Å². The van der Waals surface area contributed by atoms with Gasteiger partial charge in [0.25, 0.3) is 5.92 Å². The first-order valence-electron chi connectivity index (χ1n) is 13.4. The van der Waals surface area contributed by atoms with E-state index in [4.69, 9.17) is 4.74 Å². The minimum atomic E-state index is -2.54. The van der Waals surface area contributed by atoms with Crippen molar-refractivity contribution in [2.75, 3.05) is 32.8 Å². The number of rotatable bonds is 7. The van der Waals surface area contributed by atoms with Gasteiger partial charge in [0.15, 0.2) is 0 Å². The molecule has 1 saturated heterocycles. The molecule has 192 valence electrons. The highest BCUT2D eigenvalue weighted by atomic mass is 19.3. The van der Waals surface area contributed by atoms with E-state index in [1.165, 1.54) is 11.1 Å². The maximum absolute atomic E-state index is 13.3. The second kappa shape index (κ2) is 9.45. The maximum atomic E-state index is 13.3. The second-order valence-corrected chi connectivity index (χ2v) is 11.4. The Kier molecular flexibility index (Phi) is 6.66. The van der Waals surface area contributed by atoms with Crippen molar-refractivity contribution in [2.45, 2.75) is 70.6 Å². The number of benzene rings is 1. The molecule has 1 aromatic carbocycles. The Bertz CT molecular complexity index is 983. The van der Waals surface area contributed by atoms with E-state index in [-0.39, 0.29) is 41.9 Å². The first-order valence-corrected chi connectivity index (χ1v) is 13.4. The number of amides is 1. The van der Waals surface area contributed by atoms with Crippen molar-refractivity contribution in [2.24, 2.45) is 23.2 Å². The highest BCUT2D eigenvalue weighted by Crippen LogP contribution is 2.61. The van der Waals surface area contributed by atoms with Crippen LogP contribution in [0.25, 0.3) is 0 Å². The fourth-order valence-electron chi connectivity index (χ4n) is 7.56. The van der Waals surface area contributed by atoms with Gasteiger partial charge in [0.1, 0.15) is 11.5 Å². The minimum absolute atomic E-state index is 0.0426. The molecule has 1 heterocycles. The first kappa shape index (κ1) is 24.7. The number of likely N-dealkylation sites (tertiary alicyclic amines) is 1. The Morgan fingerprint density at radius 2 is 2.09 bits per heavy atom. The number of alkyl halides is 2. The van der Waals surface area contributed by atoms with Crippen LogP contribution < -0.4 is 10.1 Å². The van der Waals surface area contributed by atoms with Gasteiger partial charge in [0.2, 0.25) is 5.91 Å². The van der Waals surface area contributed by atoms with Crippen LogP contribution in [-0.2, 0) is 16.0 Å². The largest absolute Gasteiger partial charge is 0.494 e. The maximum Gasteiger partial charge on any atom is 0.261 e. The quantitative estimate of drug-likeness (QED) is 0.571. The minimum Gasteiger partial charge on any atom is -0.494 e. The molecule has 3 fully saturated rings. The van der Waals surface area contributed by atoms with E-state index < -0.39 is 5.92 Å². The van der Waals surface area contributed by atoms with Crippen molar-refractivity contribution < 1.29 is 23.1 Å². The van der Waals surface area contributed by atoms with E-state index in [9.17, 15) is 18.4 Å². The summed E-state index contributed by atoms with van der Waals surface area (Å²) >= 11 is 0. The van der Waals surface area contributed by atoms with Crippen molar-refractivity contribution in [3.63, 3.8) is 0 Å². The van der Waals surface area contributed by atoms with E-state index in [1.807, 2.05) is 17.9 Å². The fraction of sp³-hybridized carbons (Fsp3) is 0.714. The molecule has 5 atom stereocenters. The number of Topliss-reactive ketones (excluding diaryl/α,β-unsaturated/α-hetero) is 1. The lowest BCUT2D eigenvalue weighted by atomic mass is 9.54. The molecule has 5 nitrogen and oxygen atoms in total. The number of nitrogens with zero attached hydrogens (tertiary/aromatic N) is 1. The summed E-state index contributed by atoms with van der Waals surface area (Å²) in [6.07, 6.45) is 4.82. The van der Waals surface area contributed by atoms with Crippen molar-refractivity contribution in [3.8, 4) is 5.75 Å². The third kappa shape index (κ3) is 4.61. The number of aryl methyl sites for hydroxylation is 1. The van der Waals surface area contributed by atoms with Gasteiger partial charge in [-0.25, -0.2) is 8.78 Å². The molecule has 7 heteroatoms. The van der Waals surface area contributed by atoms with Gasteiger partial charge in [0, 0.05) is 43.8 Å². The lowest BCUT2D eigenvalue weighted by Crippen LogP contribution is -2.46. The summed E-state index contributed by atoms with van der Waals surface area (Å²) < 4.78 is 32.7. The van der Waals surface area contributed by atoms with Crippen LogP contribution >= 0.6 is 0 Å². The summed E-state index contributed by atoms with van der Waals surface area (Å²) in [5.41, 5.74) is 2.28. The highest BCUT2D eigenvalue weighted by molar-refractivity contribution is 5.94. The second-order valence-electron chi connectivity index (χ2n) is 11.4. The molecule has 5 unspecified atom stereocenters. The predicted octanol–water partition coefficient (Wildman–Crippen LogP) is 4.58. The van der Waals surface area contributed by atoms with Gasteiger partial charge in [-0.05, 0) is 80.0 Å². The molecular formula is C28H38F2N2O3. The number of ether oxygens (including phenoxy) is 1. The van der Waals surface area contributed by atoms with Crippen molar-refractivity contribution in [3.05, 3.63) is 29.3 Å². The molecular weight excluding hydrogens is 450 g/mol. The molecule has 0 aromatic heterocycles. The molecule has 2 saturated carbocycles. The zero-order valence-electron chi connectivity index (χ0n) is 21.0. The zero-order valence-corrected chi connectivity index (χ0v) is 21.0. The van der Waals surface area contributed by atoms with E-state index in [1.54, 1.807) is 0 Å². The normalized spacial score (nSPS) is 33.7. The standard InChI is InChI=1S/C28H38F2N2O3/c1-3-31-26(34)23-16-24(33)27(2)10-9-21-20-8-6-19(15-18(20)5-7-22(21)25(23)27)35-14-4-12-32-13-11-28(29,30)17-32/h6,8,15,21-23,25H,3-5,7,9-14,16-17H2,1-2H3,(H,31,34). The molecule has 0 radical (unpaired) electrons. The van der Waals surface area contributed by atoms with E-state index in [0.29, 0.717) is 44.5 Å². The number of carbonyl (C=O) groups excluding carboxylic acids is 2. The molecule has 4 aliphatic rings. The number of carbonyl (C=O) groups is 2. The molecule has 1 amide bonds. The fourth-order valence-corrected chi connectivity index (χ4v) is 7.56. The van der Waals surface area contributed by atoms with Gasteiger partial charge in [-0.2, -0.15) is 0 Å². The monoisotopic (exact) mass is 488 g/mol. The summed E-state index contributed by atoms with van der Waals surface area (Å²) in [6.45, 7) is 6.10. The molecule has 0 spiro atoms. The van der Waals surface area contributed by atoms with Gasteiger partial charge in [0.05, 0.1) is 13.2 Å². The van der Waals surface area contributed by atoms with Crippen LogP contribution in [0.4, 0.5) is 8.78 Å². The van der Waals surface area contributed by atoms with Crippen LogP contribution in [0.3, 0.4) is 0 Å². The summed E-state index contributed by atoms with van der Waals surface area (Å²) in [5, 5.41) is 2.98. The van der Waals surface area contributed by atoms with Crippen molar-refractivity contribution >= 4 is 11.7 Å². The third-order valence-corrected chi connectivity index (χ3v) is 9.25. The Morgan fingerprint density at radius 1 is 1.26 bits per heavy atom. The summed E-state index contributed by atoms with van der Waals surface area (Å²) in [6, 6.07) is 6.35. The number of nitrogens with one attached hydrogen (secondary N) is 1. The summed E-state index contributed by atoms with van der Waals surface area (Å²) in [5.74, 6) is -0.754. The topological polar surface area (TPSA) is 58.6 Å². The van der Waals surface area contributed by atoms with Crippen molar-refractivity contribution in [1.29, 1.82) is 0 Å². The Morgan fingerprint density at radius 3 is 2.83 bits per heavy atom. The molecule has 1 aromatic rings. The average Bonchev–Trinajstić information content (AvgIpc) is 3.31. The molecule has 35 heavy (non-hydrogen) atoms. The summed E-state index contributed by atoms with van der Waals surface area (Å²) in [7, 11) is 0. The Labute approximate surface area is 207 Å².